The molecule has 29 heavy (non-hydrogen) atoms. The second-order valence-corrected chi connectivity index (χ2v) is 7.82. The van der Waals surface area contributed by atoms with Crippen molar-refractivity contribution in [2.24, 2.45) is 0 Å². The molecular weight excluding hydrogens is 369 g/mol. The summed E-state index contributed by atoms with van der Waals surface area (Å²) in [4.78, 5) is 15.4. The van der Waals surface area contributed by atoms with Gasteiger partial charge in [-0.2, -0.15) is 0 Å². The fourth-order valence-electron chi connectivity index (χ4n) is 3.90. The van der Waals surface area contributed by atoms with E-state index in [1.54, 1.807) is 12.1 Å². The predicted molar refractivity (Wildman–Crippen MR) is 112 cm³/mol. The van der Waals surface area contributed by atoms with E-state index in [4.69, 9.17) is 4.74 Å². The Labute approximate surface area is 172 Å². The van der Waals surface area contributed by atoms with E-state index in [1.807, 2.05) is 25.1 Å². The van der Waals surface area contributed by atoms with Gasteiger partial charge in [0.1, 0.15) is 32.7 Å². The minimum absolute atomic E-state index is 0.0601. The zero-order valence-electron chi connectivity index (χ0n) is 17.6. The van der Waals surface area contributed by atoms with Gasteiger partial charge in [0.05, 0.1) is 7.11 Å². The Morgan fingerprint density at radius 2 is 1.76 bits per heavy atom. The topological polar surface area (TPSA) is 47.2 Å². The van der Waals surface area contributed by atoms with Crippen molar-refractivity contribution in [1.82, 2.24) is 0 Å². The normalized spacial score (nSPS) is 20.1. The number of piperazine rings is 1. The van der Waals surface area contributed by atoms with E-state index >= 15 is 0 Å². The number of hydrogen-bond acceptors (Lipinski definition) is 2. The van der Waals surface area contributed by atoms with Gasteiger partial charge in [-0.05, 0) is 49.2 Å². The van der Waals surface area contributed by atoms with E-state index in [0.29, 0.717) is 0 Å². The second kappa shape index (κ2) is 9.85. The highest BCUT2D eigenvalue weighted by atomic mass is 19.1. The van der Waals surface area contributed by atoms with Gasteiger partial charge in [-0.1, -0.05) is 19.1 Å². The number of carbonyl (C=O) groups is 1. The summed E-state index contributed by atoms with van der Waals surface area (Å²) >= 11 is 0. The van der Waals surface area contributed by atoms with Crippen molar-refractivity contribution in [1.29, 1.82) is 0 Å². The maximum atomic E-state index is 13.9. The zero-order valence-corrected chi connectivity index (χ0v) is 17.6. The lowest BCUT2D eigenvalue weighted by Crippen LogP contribution is -3.29. The van der Waals surface area contributed by atoms with Gasteiger partial charge in [-0.15, -0.1) is 0 Å². The third-order valence-corrected chi connectivity index (χ3v) is 5.91. The molecule has 0 spiro atoms. The monoisotopic (exact) mass is 401 g/mol. The molecule has 1 fully saturated rings. The van der Waals surface area contributed by atoms with E-state index in [0.717, 1.165) is 50.4 Å². The van der Waals surface area contributed by atoms with E-state index in [-0.39, 0.29) is 23.5 Å². The van der Waals surface area contributed by atoms with E-state index < -0.39 is 0 Å². The molecule has 0 unspecified atom stereocenters. The summed E-state index contributed by atoms with van der Waals surface area (Å²) in [6.07, 6.45) is 0.991. The number of hydrogen-bond donors (Lipinski definition) is 3. The van der Waals surface area contributed by atoms with Crippen LogP contribution in [-0.4, -0.2) is 45.2 Å². The Hall–Kier alpha value is -2.44. The van der Waals surface area contributed by atoms with Crippen LogP contribution in [0.1, 0.15) is 25.0 Å². The summed E-state index contributed by atoms with van der Waals surface area (Å²) < 4.78 is 18.9. The molecule has 156 valence electrons. The van der Waals surface area contributed by atoms with Crippen LogP contribution in [0.3, 0.4) is 0 Å². The fourth-order valence-corrected chi connectivity index (χ4v) is 3.90. The Kier molecular flexibility index (Phi) is 7.23. The van der Waals surface area contributed by atoms with Crippen molar-refractivity contribution in [2.75, 3.05) is 38.6 Å². The highest BCUT2D eigenvalue weighted by Crippen LogP contribution is 2.17. The number of anilines is 1. The quantitative estimate of drug-likeness (QED) is 0.640. The minimum Gasteiger partial charge on any atom is -0.494 e. The Balaban J connectivity index is 1.48. The van der Waals surface area contributed by atoms with Crippen LogP contribution in [0.5, 0.6) is 5.75 Å². The van der Waals surface area contributed by atoms with E-state index in [9.17, 15) is 9.18 Å². The molecule has 0 saturated carbocycles. The second-order valence-electron chi connectivity index (χ2n) is 7.82. The molecule has 0 radical (unpaired) electrons. The number of carbonyl (C=O) groups excluding carboxylic acids is 1. The zero-order chi connectivity index (χ0) is 20.8. The van der Waals surface area contributed by atoms with Crippen molar-refractivity contribution < 1.29 is 23.7 Å². The van der Waals surface area contributed by atoms with Gasteiger partial charge in [0.2, 0.25) is 0 Å². The molecule has 0 aliphatic carbocycles. The van der Waals surface area contributed by atoms with E-state index in [2.05, 4.69) is 24.4 Å². The first kappa shape index (κ1) is 21.3. The van der Waals surface area contributed by atoms with Gasteiger partial charge in [0.15, 0.2) is 17.6 Å². The molecule has 1 atom stereocenters. The average molecular weight is 402 g/mol. The number of benzene rings is 2. The molecular formula is C23H32FN3O2+2. The van der Waals surface area contributed by atoms with Crippen LogP contribution < -0.4 is 19.9 Å². The Morgan fingerprint density at radius 1 is 1.10 bits per heavy atom. The number of quaternary nitrogens is 2. The van der Waals surface area contributed by atoms with Gasteiger partial charge in [-0.25, -0.2) is 4.39 Å². The maximum Gasteiger partial charge on any atom is 0.282 e. The van der Waals surface area contributed by atoms with E-state index in [1.165, 1.54) is 22.5 Å². The van der Waals surface area contributed by atoms with Gasteiger partial charge in [0, 0.05) is 11.3 Å². The molecule has 1 aliphatic rings. The van der Waals surface area contributed by atoms with Gasteiger partial charge in [-0.3, -0.25) is 4.79 Å². The molecule has 3 N–H and O–H groups in total. The van der Waals surface area contributed by atoms with Crippen LogP contribution in [0.25, 0.3) is 0 Å². The van der Waals surface area contributed by atoms with Crippen LogP contribution in [0, 0.1) is 5.82 Å². The molecule has 2 aromatic carbocycles. The summed E-state index contributed by atoms with van der Waals surface area (Å²) in [6.45, 7) is 8.69. The summed E-state index contributed by atoms with van der Waals surface area (Å²) in [7, 11) is 1.48. The molecule has 1 saturated heterocycles. The Bertz CT molecular complexity index is 817. The minimum atomic E-state index is -0.314. The lowest BCUT2D eigenvalue weighted by atomic mass is 10.1. The van der Waals surface area contributed by atoms with Gasteiger partial charge in [0.25, 0.3) is 5.91 Å². The summed E-state index contributed by atoms with van der Waals surface area (Å²) in [5.41, 5.74) is 3.09. The van der Waals surface area contributed by atoms with Crippen LogP contribution in [0.15, 0.2) is 42.5 Å². The van der Waals surface area contributed by atoms with Crippen molar-refractivity contribution in [3.8, 4) is 5.75 Å². The van der Waals surface area contributed by atoms with Crippen molar-refractivity contribution >= 4 is 11.6 Å². The first-order chi connectivity index (χ1) is 14.0. The predicted octanol–water partition coefficient (Wildman–Crippen LogP) is 0.707. The average Bonchev–Trinajstić information content (AvgIpc) is 2.74. The number of nitrogens with one attached hydrogen (secondary N) is 3. The largest absolute Gasteiger partial charge is 0.494 e. The van der Waals surface area contributed by atoms with Gasteiger partial charge < -0.3 is 19.9 Å². The number of amides is 1. The third-order valence-electron chi connectivity index (χ3n) is 5.91. The molecule has 1 heterocycles. The SMILES string of the molecule is CCc1ccc(NC(=O)[C@H](C)[NH+]2CC[NH+](Cc3ccc(OC)c(F)c3)CC2)cc1. The third kappa shape index (κ3) is 5.55. The molecule has 2 aromatic rings. The highest BCUT2D eigenvalue weighted by molar-refractivity contribution is 5.93. The first-order valence-corrected chi connectivity index (χ1v) is 10.4. The summed E-state index contributed by atoms with van der Waals surface area (Å²) in [6, 6.07) is 13.1. The molecule has 6 heteroatoms. The first-order valence-electron chi connectivity index (χ1n) is 10.4. The van der Waals surface area contributed by atoms with Crippen LogP contribution in [0.2, 0.25) is 0 Å². The standard InChI is InChI=1S/C23H30FN3O2/c1-4-18-5-8-20(9-6-18)25-23(28)17(2)27-13-11-26(12-14-27)16-19-7-10-22(29-3)21(24)15-19/h5-10,15,17H,4,11-14,16H2,1-3H3,(H,25,28)/p+2/t17-/m0/s1. The van der Waals surface area contributed by atoms with Crippen LogP contribution >= 0.6 is 0 Å². The van der Waals surface area contributed by atoms with Crippen molar-refractivity contribution in [3.63, 3.8) is 0 Å². The smallest absolute Gasteiger partial charge is 0.282 e. The molecule has 0 bridgehead atoms. The fraction of sp³-hybridized carbons (Fsp3) is 0.435. The summed E-state index contributed by atoms with van der Waals surface area (Å²) in [5, 5.41) is 3.04. The van der Waals surface area contributed by atoms with Crippen molar-refractivity contribution in [2.45, 2.75) is 32.9 Å². The van der Waals surface area contributed by atoms with Crippen molar-refractivity contribution in [3.05, 3.63) is 59.4 Å². The lowest BCUT2D eigenvalue weighted by molar-refractivity contribution is -1.02. The van der Waals surface area contributed by atoms with Crippen LogP contribution in [-0.2, 0) is 17.8 Å². The highest BCUT2D eigenvalue weighted by Gasteiger charge is 2.31. The Morgan fingerprint density at radius 3 is 2.34 bits per heavy atom. The number of rotatable bonds is 7. The lowest BCUT2D eigenvalue weighted by Gasteiger charge is -2.32. The number of aryl methyl sites for hydroxylation is 1. The summed E-state index contributed by atoms with van der Waals surface area (Å²) in [5.74, 6) is 0.0260. The molecule has 5 nitrogen and oxygen atoms in total. The molecule has 3 rings (SSSR count). The number of ether oxygens (including phenoxy) is 1. The number of methoxy groups -OCH3 is 1. The molecule has 1 aliphatic heterocycles. The van der Waals surface area contributed by atoms with Gasteiger partial charge >= 0.3 is 0 Å². The molecule has 0 aromatic heterocycles. The molecule has 1 amide bonds. The number of halogens is 1. The maximum absolute atomic E-state index is 13.9. The van der Waals surface area contributed by atoms with Crippen LogP contribution in [0.4, 0.5) is 10.1 Å².